The third-order valence-corrected chi connectivity index (χ3v) is 3.10. The lowest BCUT2D eigenvalue weighted by atomic mass is 10.1. The molecule has 22 heavy (non-hydrogen) atoms. The minimum atomic E-state index is -0.559. The largest absolute Gasteiger partial charge is 0.465 e. The zero-order valence-electron chi connectivity index (χ0n) is 12.5. The van der Waals surface area contributed by atoms with Crippen molar-refractivity contribution in [1.29, 1.82) is 0 Å². The Morgan fingerprint density at radius 2 is 1.73 bits per heavy atom. The molecule has 1 aromatic rings. The maximum absolute atomic E-state index is 12.4. The molecule has 0 saturated carbocycles. The summed E-state index contributed by atoms with van der Waals surface area (Å²) in [5.41, 5.74) is 1.40. The van der Waals surface area contributed by atoms with E-state index in [-0.39, 0.29) is 25.7 Å². The molecule has 1 aromatic carbocycles. The Labute approximate surface area is 128 Å². The average molecular weight is 303 g/mol. The Hall–Kier alpha value is -2.63. The van der Waals surface area contributed by atoms with E-state index in [1.165, 1.54) is 11.0 Å². The van der Waals surface area contributed by atoms with Crippen LogP contribution in [0.3, 0.4) is 0 Å². The molecule has 1 heterocycles. The summed E-state index contributed by atoms with van der Waals surface area (Å²) in [6, 6.07) is 6.87. The summed E-state index contributed by atoms with van der Waals surface area (Å²) in [5, 5.41) is 0. The second kappa shape index (κ2) is 6.89. The standard InChI is InChI=1S/C16H17NO5/c1-3-21-14(18)9-13-11-7-5-6-8-12(11)16(20)17(13)10-15(19)22-4-2/h5-9H,3-4,10H2,1-2H3/b13-9-. The summed E-state index contributed by atoms with van der Waals surface area (Å²) in [4.78, 5) is 37.1. The number of carbonyl (C=O) groups excluding carboxylic acids is 3. The van der Waals surface area contributed by atoms with Gasteiger partial charge in [-0.15, -0.1) is 0 Å². The van der Waals surface area contributed by atoms with E-state index >= 15 is 0 Å². The first-order valence-corrected chi connectivity index (χ1v) is 7.03. The van der Waals surface area contributed by atoms with Gasteiger partial charge in [0.2, 0.25) is 0 Å². The Morgan fingerprint density at radius 3 is 2.36 bits per heavy atom. The van der Waals surface area contributed by atoms with E-state index in [2.05, 4.69) is 0 Å². The number of benzene rings is 1. The lowest BCUT2D eigenvalue weighted by Crippen LogP contribution is -2.31. The smallest absolute Gasteiger partial charge is 0.332 e. The number of nitrogens with zero attached hydrogens (tertiary/aromatic N) is 1. The van der Waals surface area contributed by atoms with Gasteiger partial charge in [-0.2, -0.15) is 0 Å². The second-order valence-electron chi connectivity index (χ2n) is 4.52. The van der Waals surface area contributed by atoms with Crippen molar-refractivity contribution in [1.82, 2.24) is 4.90 Å². The van der Waals surface area contributed by atoms with Crippen molar-refractivity contribution in [2.45, 2.75) is 13.8 Å². The van der Waals surface area contributed by atoms with Crippen LogP contribution < -0.4 is 0 Å². The lowest BCUT2D eigenvalue weighted by molar-refractivity contribution is -0.143. The number of hydrogen-bond donors (Lipinski definition) is 0. The van der Waals surface area contributed by atoms with Crippen LogP contribution in [0, 0.1) is 0 Å². The van der Waals surface area contributed by atoms with Gasteiger partial charge in [-0.1, -0.05) is 18.2 Å². The van der Waals surface area contributed by atoms with Gasteiger partial charge in [0.15, 0.2) is 0 Å². The van der Waals surface area contributed by atoms with Gasteiger partial charge in [-0.3, -0.25) is 14.5 Å². The third-order valence-electron chi connectivity index (χ3n) is 3.10. The molecule has 1 aliphatic rings. The normalized spacial score (nSPS) is 14.9. The Kier molecular flexibility index (Phi) is 4.93. The van der Waals surface area contributed by atoms with E-state index in [9.17, 15) is 14.4 Å². The van der Waals surface area contributed by atoms with Crippen molar-refractivity contribution in [2.75, 3.05) is 19.8 Å². The molecule has 0 spiro atoms. The summed E-state index contributed by atoms with van der Waals surface area (Å²) in [5.74, 6) is -1.42. The van der Waals surface area contributed by atoms with E-state index in [4.69, 9.17) is 9.47 Å². The maximum Gasteiger partial charge on any atom is 0.332 e. The summed E-state index contributed by atoms with van der Waals surface area (Å²) in [6.45, 7) is 3.60. The molecular weight excluding hydrogens is 286 g/mol. The number of fused-ring (bicyclic) bond motifs is 1. The highest BCUT2D eigenvalue weighted by Crippen LogP contribution is 2.32. The Bertz CT molecular complexity index is 635. The Balaban J connectivity index is 2.37. The van der Waals surface area contributed by atoms with E-state index < -0.39 is 11.9 Å². The molecule has 1 aliphatic heterocycles. The van der Waals surface area contributed by atoms with E-state index in [0.29, 0.717) is 16.8 Å². The first-order chi connectivity index (χ1) is 10.6. The maximum atomic E-state index is 12.4. The Morgan fingerprint density at radius 1 is 1.09 bits per heavy atom. The van der Waals surface area contributed by atoms with E-state index in [1.807, 2.05) is 0 Å². The molecule has 0 saturated heterocycles. The van der Waals surface area contributed by atoms with Crippen molar-refractivity contribution in [3.05, 3.63) is 41.5 Å². The van der Waals surface area contributed by atoms with Gasteiger partial charge in [0.05, 0.1) is 18.9 Å². The number of rotatable bonds is 5. The van der Waals surface area contributed by atoms with Crippen LogP contribution in [0.15, 0.2) is 30.3 Å². The molecule has 116 valence electrons. The van der Waals surface area contributed by atoms with Crippen LogP contribution in [-0.2, 0) is 19.1 Å². The number of esters is 2. The third kappa shape index (κ3) is 3.16. The van der Waals surface area contributed by atoms with Crippen molar-refractivity contribution in [2.24, 2.45) is 0 Å². The molecule has 6 nitrogen and oxygen atoms in total. The van der Waals surface area contributed by atoms with Gasteiger partial charge in [-0.25, -0.2) is 4.79 Å². The van der Waals surface area contributed by atoms with Crippen molar-refractivity contribution in [3.63, 3.8) is 0 Å². The molecule has 0 fully saturated rings. The van der Waals surface area contributed by atoms with Gasteiger partial charge >= 0.3 is 11.9 Å². The fraction of sp³-hybridized carbons (Fsp3) is 0.312. The monoisotopic (exact) mass is 303 g/mol. The second-order valence-corrected chi connectivity index (χ2v) is 4.52. The van der Waals surface area contributed by atoms with Gasteiger partial charge < -0.3 is 9.47 Å². The van der Waals surface area contributed by atoms with Gasteiger partial charge in [0, 0.05) is 17.2 Å². The zero-order valence-corrected chi connectivity index (χ0v) is 12.5. The molecule has 0 aliphatic carbocycles. The number of ether oxygens (including phenoxy) is 2. The molecule has 2 rings (SSSR count). The van der Waals surface area contributed by atoms with Crippen molar-refractivity contribution >= 4 is 23.5 Å². The summed E-state index contributed by atoms with van der Waals surface area (Å²) in [7, 11) is 0. The van der Waals surface area contributed by atoms with Crippen LogP contribution in [0.5, 0.6) is 0 Å². The van der Waals surface area contributed by atoms with E-state index in [0.717, 1.165) is 0 Å². The topological polar surface area (TPSA) is 72.9 Å². The first kappa shape index (κ1) is 15.8. The quantitative estimate of drug-likeness (QED) is 0.610. The van der Waals surface area contributed by atoms with Crippen molar-refractivity contribution < 1.29 is 23.9 Å². The molecule has 0 atom stereocenters. The minimum absolute atomic E-state index is 0.227. The SMILES string of the molecule is CCOC(=O)/C=C1/c2ccccc2C(=O)N1CC(=O)OCC. The fourth-order valence-corrected chi connectivity index (χ4v) is 2.24. The van der Waals surface area contributed by atoms with Crippen molar-refractivity contribution in [3.8, 4) is 0 Å². The van der Waals surface area contributed by atoms with Crippen LogP contribution in [0.4, 0.5) is 0 Å². The van der Waals surface area contributed by atoms with Crippen LogP contribution in [0.1, 0.15) is 29.8 Å². The minimum Gasteiger partial charge on any atom is -0.465 e. The van der Waals surface area contributed by atoms with E-state index in [1.54, 1.807) is 38.1 Å². The molecule has 0 radical (unpaired) electrons. The van der Waals surface area contributed by atoms with Crippen LogP contribution >= 0.6 is 0 Å². The zero-order chi connectivity index (χ0) is 16.1. The predicted molar refractivity (Wildman–Crippen MR) is 78.7 cm³/mol. The molecule has 0 bridgehead atoms. The molecule has 0 N–H and O–H groups in total. The average Bonchev–Trinajstić information content (AvgIpc) is 2.74. The highest BCUT2D eigenvalue weighted by molar-refractivity contribution is 6.12. The first-order valence-electron chi connectivity index (χ1n) is 7.03. The highest BCUT2D eigenvalue weighted by Gasteiger charge is 2.34. The molecule has 0 aromatic heterocycles. The molecular formula is C16H17NO5. The number of amides is 1. The molecule has 6 heteroatoms. The van der Waals surface area contributed by atoms with Gasteiger partial charge in [0.1, 0.15) is 6.54 Å². The summed E-state index contributed by atoms with van der Waals surface area (Å²) < 4.78 is 9.76. The summed E-state index contributed by atoms with van der Waals surface area (Å²) in [6.07, 6.45) is 1.23. The number of carbonyl (C=O) groups is 3. The van der Waals surface area contributed by atoms with Crippen LogP contribution in [-0.4, -0.2) is 42.5 Å². The molecule has 1 amide bonds. The van der Waals surface area contributed by atoms with Gasteiger partial charge in [-0.05, 0) is 19.9 Å². The summed E-state index contributed by atoms with van der Waals surface area (Å²) >= 11 is 0. The van der Waals surface area contributed by atoms with Gasteiger partial charge in [0.25, 0.3) is 5.91 Å². The molecule has 0 unspecified atom stereocenters. The lowest BCUT2D eigenvalue weighted by Gasteiger charge is -2.17. The predicted octanol–water partition coefficient (Wildman–Crippen LogP) is 1.61. The highest BCUT2D eigenvalue weighted by atomic mass is 16.5. The van der Waals surface area contributed by atoms with Crippen LogP contribution in [0.2, 0.25) is 0 Å². The fourth-order valence-electron chi connectivity index (χ4n) is 2.24. The van der Waals surface area contributed by atoms with Crippen LogP contribution in [0.25, 0.3) is 5.70 Å². The number of hydrogen-bond acceptors (Lipinski definition) is 5.